The fourth-order valence-electron chi connectivity index (χ4n) is 5.37. The third kappa shape index (κ3) is 3.07. The SMILES string of the molecule is Cc1csc(SCC(=O)NCC23CC4CC(CC(C4)C2)C3)n1. The van der Waals surface area contributed by atoms with Crippen molar-refractivity contribution in [3.63, 3.8) is 0 Å². The lowest BCUT2D eigenvalue weighted by Crippen LogP contribution is -2.51. The summed E-state index contributed by atoms with van der Waals surface area (Å²) in [6.07, 6.45) is 8.47. The standard InChI is InChI=1S/C17H24N2OS2/c1-11-8-21-16(19-11)22-9-15(20)18-10-17-5-12-2-13(6-17)4-14(3-12)7-17/h8,12-14H,2-7,9-10H2,1H3,(H,18,20). The third-order valence-electron chi connectivity index (χ3n) is 5.75. The van der Waals surface area contributed by atoms with Gasteiger partial charge in [-0.15, -0.1) is 11.3 Å². The number of nitrogens with one attached hydrogen (secondary N) is 1. The zero-order valence-electron chi connectivity index (χ0n) is 13.1. The zero-order valence-corrected chi connectivity index (χ0v) is 14.8. The van der Waals surface area contributed by atoms with E-state index in [2.05, 4.69) is 10.3 Å². The lowest BCUT2D eigenvalue weighted by Gasteiger charge is -2.56. The Balaban J connectivity index is 1.28. The van der Waals surface area contributed by atoms with Gasteiger partial charge in [-0.25, -0.2) is 4.98 Å². The van der Waals surface area contributed by atoms with Gasteiger partial charge in [-0.3, -0.25) is 4.79 Å². The van der Waals surface area contributed by atoms with Gasteiger partial charge in [0.1, 0.15) is 0 Å². The summed E-state index contributed by atoms with van der Waals surface area (Å²) in [7, 11) is 0. The van der Waals surface area contributed by atoms with E-state index in [0.29, 0.717) is 11.2 Å². The van der Waals surface area contributed by atoms with Gasteiger partial charge in [-0.1, -0.05) is 11.8 Å². The van der Waals surface area contributed by atoms with Gasteiger partial charge in [0.05, 0.1) is 5.75 Å². The minimum absolute atomic E-state index is 0.175. The first kappa shape index (κ1) is 15.0. The van der Waals surface area contributed by atoms with Gasteiger partial charge in [-0.05, 0) is 68.6 Å². The van der Waals surface area contributed by atoms with E-state index >= 15 is 0 Å². The van der Waals surface area contributed by atoms with E-state index in [-0.39, 0.29) is 5.91 Å². The van der Waals surface area contributed by atoms with E-state index in [1.54, 1.807) is 23.1 Å². The molecule has 4 aliphatic carbocycles. The second-order valence-electron chi connectivity index (χ2n) is 7.74. The van der Waals surface area contributed by atoms with Crippen molar-refractivity contribution in [3.05, 3.63) is 11.1 Å². The first-order chi connectivity index (χ1) is 10.6. The fourth-order valence-corrected chi connectivity index (χ4v) is 7.05. The van der Waals surface area contributed by atoms with Crippen LogP contribution in [0.2, 0.25) is 0 Å². The molecule has 1 aromatic heterocycles. The molecule has 0 radical (unpaired) electrons. The second kappa shape index (κ2) is 5.82. The average Bonchev–Trinajstić information content (AvgIpc) is 2.87. The number of thioether (sulfide) groups is 1. The Bertz CT molecular complexity index is 533. The Morgan fingerprint density at radius 3 is 2.50 bits per heavy atom. The van der Waals surface area contributed by atoms with Crippen molar-refractivity contribution in [3.8, 4) is 0 Å². The number of carbonyl (C=O) groups excluding carboxylic acids is 1. The predicted molar refractivity (Wildman–Crippen MR) is 91.2 cm³/mol. The van der Waals surface area contributed by atoms with E-state index in [1.807, 2.05) is 12.3 Å². The van der Waals surface area contributed by atoms with E-state index < -0.39 is 0 Å². The molecule has 0 unspecified atom stereocenters. The number of rotatable bonds is 5. The smallest absolute Gasteiger partial charge is 0.230 e. The molecule has 1 aromatic rings. The minimum Gasteiger partial charge on any atom is -0.355 e. The highest BCUT2D eigenvalue weighted by atomic mass is 32.2. The van der Waals surface area contributed by atoms with Crippen LogP contribution >= 0.6 is 23.1 Å². The van der Waals surface area contributed by atoms with Gasteiger partial charge in [-0.2, -0.15) is 0 Å². The molecule has 4 bridgehead atoms. The number of aromatic nitrogens is 1. The molecule has 1 heterocycles. The van der Waals surface area contributed by atoms with E-state index in [0.717, 1.165) is 34.3 Å². The molecular formula is C17H24N2OS2. The summed E-state index contributed by atoms with van der Waals surface area (Å²) in [4.78, 5) is 16.6. The van der Waals surface area contributed by atoms with Crippen molar-refractivity contribution in [2.24, 2.45) is 23.2 Å². The summed E-state index contributed by atoms with van der Waals surface area (Å²) in [6, 6.07) is 0. The maximum atomic E-state index is 12.2. The van der Waals surface area contributed by atoms with Crippen LogP contribution in [0.5, 0.6) is 0 Å². The molecule has 0 saturated heterocycles. The van der Waals surface area contributed by atoms with Crippen LogP contribution < -0.4 is 5.32 Å². The van der Waals surface area contributed by atoms with Gasteiger partial charge in [0.2, 0.25) is 5.91 Å². The summed E-state index contributed by atoms with van der Waals surface area (Å²) in [6.45, 7) is 2.90. The van der Waals surface area contributed by atoms with Crippen molar-refractivity contribution in [1.29, 1.82) is 0 Å². The highest BCUT2D eigenvalue weighted by Crippen LogP contribution is 2.59. The van der Waals surface area contributed by atoms with Gasteiger partial charge in [0, 0.05) is 17.6 Å². The monoisotopic (exact) mass is 336 g/mol. The Labute approximate surface area is 140 Å². The molecule has 120 valence electrons. The highest BCUT2D eigenvalue weighted by molar-refractivity contribution is 8.01. The number of hydrogen-bond donors (Lipinski definition) is 1. The lowest BCUT2D eigenvalue weighted by molar-refractivity contribution is -0.120. The molecule has 0 aromatic carbocycles. The molecule has 5 rings (SSSR count). The quantitative estimate of drug-likeness (QED) is 0.830. The Morgan fingerprint density at radius 2 is 1.95 bits per heavy atom. The maximum Gasteiger partial charge on any atom is 0.230 e. The van der Waals surface area contributed by atoms with Crippen molar-refractivity contribution in [2.45, 2.75) is 49.8 Å². The van der Waals surface area contributed by atoms with Crippen LogP contribution in [0.15, 0.2) is 9.72 Å². The van der Waals surface area contributed by atoms with Crippen LogP contribution in [0.25, 0.3) is 0 Å². The average molecular weight is 337 g/mol. The van der Waals surface area contributed by atoms with Crippen molar-refractivity contribution in [1.82, 2.24) is 10.3 Å². The normalized spacial score (nSPS) is 35.8. The third-order valence-corrected chi connectivity index (χ3v) is 7.89. The van der Waals surface area contributed by atoms with Crippen LogP contribution in [0.3, 0.4) is 0 Å². The number of thiazole rings is 1. The molecule has 4 aliphatic rings. The number of aryl methyl sites for hydroxylation is 1. The molecule has 3 nitrogen and oxygen atoms in total. The van der Waals surface area contributed by atoms with Crippen molar-refractivity contribution in [2.75, 3.05) is 12.3 Å². The lowest BCUT2D eigenvalue weighted by atomic mass is 9.49. The Hall–Kier alpha value is -0.550. The van der Waals surface area contributed by atoms with Gasteiger partial charge >= 0.3 is 0 Å². The van der Waals surface area contributed by atoms with Gasteiger partial charge < -0.3 is 5.32 Å². The molecule has 1 amide bonds. The summed E-state index contributed by atoms with van der Waals surface area (Å²) < 4.78 is 1.00. The maximum absolute atomic E-state index is 12.2. The predicted octanol–water partition coefficient (Wildman–Crippen LogP) is 3.88. The first-order valence-electron chi connectivity index (χ1n) is 8.42. The molecule has 0 aliphatic heterocycles. The molecular weight excluding hydrogens is 312 g/mol. The summed E-state index contributed by atoms with van der Waals surface area (Å²) in [5, 5.41) is 5.27. The molecule has 0 atom stereocenters. The van der Waals surface area contributed by atoms with Crippen molar-refractivity contribution < 1.29 is 4.79 Å². The fraction of sp³-hybridized carbons (Fsp3) is 0.765. The Kier molecular flexibility index (Phi) is 3.97. The second-order valence-corrected chi connectivity index (χ2v) is 9.82. The molecule has 4 saturated carbocycles. The van der Waals surface area contributed by atoms with E-state index in [1.165, 1.54) is 38.5 Å². The molecule has 4 fully saturated rings. The van der Waals surface area contributed by atoms with Crippen LogP contribution in [0.1, 0.15) is 44.2 Å². The van der Waals surface area contributed by atoms with Crippen LogP contribution in [0.4, 0.5) is 0 Å². The van der Waals surface area contributed by atoms with E-state index in [4.69, 9.17) is 0 Å². The first-order valence-corrected chi connectivity index (χ1v) is 10.3. The van der Waals surface area contributed by atoms with Crippen molar-refractivity contribution >= 4 is 29.0 Å². The van der Waals surface area contributed by atoms with Gasteiger partial charge in [0.25, 0.3) is 0 Å². The van der Waals surface area contributed by atoms with Crippen LogP contribution in [-0.2, 0) is 4.79 Å². The number of nitrogens with zero attached hydrogens (tertiary/aromatic N) is 1. The number of amides is 1. The molecule has 1 N–H and O–H groups in total. The number of carbonyl (C=O) groups is 1. The van der Waals surface area contributed by atoms with E-state index in [9.17, 15) is 4.79 Å². The number of hydrogen-bond acceptors (Lipinski definition) is 4. The molecule has 22 heavy (non-hydrogen) atoms. The van der Waals surface area contributed by atoms with Gasteiger partial charge in [0.15, 0.2) is 4.34 Å². The summed E-state index contributed by atoms with van der Waals surface area (Å²) in [5.74, 6) is 3.54. The largest absolute Gasteiger partial charge is 0.355 e. The highest BCUT2D eigenvalue weighted by Gasteiger charge is 2.50. The molecule has 0 spiro atoms. The topological polar surface area (TPSA) is 42.0 Å². The van der Waals surface area contributed by atoms with Crippen LogP contribution in [-0.4, -0.2) is 23.2 Å². The summed E-state index contributed by atoms with van der Waals surface area (Å²) in [5.41, 5.74) is 1.48. The zero-order chi connectivity index (χ0) is 15.2. The molecule has 5 heteroatoms. The Morgan fingerprint density at radius 1 is 1.32 bits per heavy atom. The summed E-state index contributed by atoms with van der Waals surface area (Å²) >= 11 is 3.19. The van der Waals surface area contributed by atoms with Crippen LogP contribution in [0, 0.1) is 30.1 Å². The minimum atomic E-state index is 0.175.